The first kappa shape index (κ1) is 20.0. The first-order chi connectivity index (χ1) is 12.8. The quantitative estimate of drug-likeness (QED) is 0.740. The van der Waals surface area contributed by atoms with Crippen molar-refractivity contribution in [2.24, 2.45) is 5.92 Å². The highest BCUT2D eigenvalue weighted by Gasteiger charge is 2.28. The van der Waals surface area contributed by atoms with E-state index in [9.17, 15) is 13.2 Å². The monoisotopic (exact) mass is 397 g/mol. The summed E-state index contributed by atoms with van der Waals surface area (Å²) in [5, 5.41) is 2.94. The molecule has 0 aliphatic carbocycles. The standard InChI is InChI=1S/C17H27N5O4S/c1-13-11-15(20-17(19-13)21-7-9-26-10-8-21)12-18-16(23)14-3-5-22(6-4-14)27(2,24)25/h11,14H,3-10,12H2,1-2H3,(H,18,23). The molecule has 1 amide bonds. The first-order valence-corrected chi connectivity index (χ1v) is 11.1. The van der Waals surface area contributed by atoms with E-state index in [1.165, 1.54) is 10.6 Å². The first-order valence-electron chi connectivity index (χ1n) is 9.23. The molecule has 9 nitrogen and oxygen atoms in total. The minimum absolute atomic E-state index is 0.0488. The maximum Gasteiger partial charge on any atom is 0.225 e. The number of aryl methyl sites for hydroxylation is 1. The van der Waals surface area contributed by atoms with Crippen LogP contribution >= 0.6 is 0 Å². The highest BCUT2D eigenvalue weighted by molar-refractivity contribution is 7.88. The molecule has 2 aliphatic rings. The van der Waals surface area contributed by atoms with Gasteiger partial charge in [-0.1, -0.05) is 0 Å². The number of hydrogen-bond donors (Lipinski definition) is 1. The predicted molar refractivity (Wildman–Crippen MR) is 101 cm³/mol. The maximum atomic E-state index is 12.4. The molecule has 0 unspecified atom stereocenters. The second-order valence-electron chi connectivity index (χ2n) is 7.05. The van der Waals surface area contributed by atoms with Gasteiger partial charge in [0.25, 0.3) is 0 Å². The number of amides is 1. The van der Waals surface area contributed by atoms with E-state index in [1.807, 2.05) is 13.0 Å². The molecule has 2 fully saturated rings. The fraction of sp³-hybridized carbons (Fsp3) is 0.706. The third-order valence-electron chi connectivity index (χ3n) is 4.93. The summed E-state index contributed by atoms with van der Waals surface area (Å²) in [5.41, 5.74) is 1.63. The Balaban J connectivity index is 1.55. The van der Waals surface area contributed by atoms with Gasteiger partial charge in [-0.05, 0) is 25.8 Å². The van der Waals surface area contributed by atoms with Crippen molar-refractivity contribution in [3.8, 4) is 0 Å². The minimum atomic E-state index is -3.18. The van der Waals surface area contributed by atoms with Crippen LogP contribution in [0.2, 0.25) is 0 Å². The molecular weight excluding hydrogens is 370 g/mol. The van der Waals surface area contributed by atoms with E-state index in [2.05, 4.69) is 20.2 Å². The smallest absolute Gasteiger partial charge is 0.225 e. The molecule has 0 radical (unpaired) electrons. The Hall–Kier alpha value is -1.78. The molecule has 0 atom stereocenters. The lowest BCUT2D eigenvalue weighted by Gasteiger charge is -2.29. The average molecular weight is 398 g/mol. The molecule has 3 rings (SSSR count). The summed E-state index contributed by atoms with van der Waals surface area (Å²) < 4.78 is 29.9. The second kappa shape index (κ2) is 8.49. The van der Waals surface area contributed by atoms with Crippen LogP contribution in [-0.4, -0.2) is 74.2 Å². The van der Waals surface area contributed by atoms with Crippen LogP contribution in [0.25, 0.3) is 0 Å². The zero-order chi connectivity index (χ0) is 19.4. The molecule has 0 saturated carbocycles. The highest BCUT2D eigenvalue weighted by Crippen LogP contribution is 2.19. The molecule has 1 N–H and O–H groups in total. The summed E-state index contributed by atoms with van der Waals surface area (Å²) in [6.07, 6.45) is 2.29. The zero-order valence-corrected chi connectivity index (χ0v) is 16.7. The summed E-state index contributed by atoms with van der Waals surface area (Å²) in [6, 6.07) is 1.87. The van der Waals surface area contributed by atoms with Crippen molar-refractivity contribution in [1.82, 2.24) is 19.6 Å². The lowest BCUT2D eigenvalue weighted by atomic mass is 9.97. The minimum Gasteiger partial charge on any atom is -0.378 e. The Morgan fingerprint density at radius 2 is 1.89 bits per heavy atom. The van der Waals surface area contributed by atoms with E-state index in [-0.39, 0.29) is 11.8 Å². The van der Waals surface area contributed by atoms with Crippen molar-refractivity contribution in [1.29, 1.82) is 0 Å². The number of aromatic nitrogens is 2. The van der Waals surface area contributed by atoms with Gasteiger partial charge in [-0.3, -0.25) is 4.79 Å². The number of hydrogen-bond acceptors (Lipinski definition) is 7. The van der Waals surface area contributed by atoms with Gasteiger partial charge in [0.05, 0.1) is 31.7 Å². The predicted octanol–water partition coefficient (Wildman–Crippen LogP) is -0.0906. The van der Waals surface area contributed by atoms with E-state index < -0.39 is 10.0 Å². The van der Waals surface area contributed by atoms with Crippen molar-refractivity contribution in [2.75, 3.05) is 50.5 Å². The van der Waals surface area contributed by atoms with E-state index in [1.54, 1.807) is 0 Å². The van der Waals surface area contributed by atoms with Gasteiger partial charge in [0, 0.05) is 37.8 Å². The van der Waals surface area contributed by atoms with E-state index in [0.29, 0.717) is 51.6 Å². The molecule has 0 aromatic carbocycles. The molecule has 1 aromatic rings. The number of rotatable bonds is 5. The summed E-state index contributed by atoms with van der Waals surface area (Å²) in [4.78, 5) is 23.6. The summed E-state index contributed by atoms with van der Waals surface area (Å²) in [5.74, 6) is 0.459. The summed E-state index contributed by atoms with van der Waals surface area (Å²) in [6.45, 7) is 5.88. The van der Waals surface area contributed by atoms with Gasteiger partial charge in [0.1, 0.15) is 0 Å². The lowest BCUT2D eigenvalue weighted by molar-refractivity contribution is -0.126. The van der Waals surface area contributed by atoms with Gasteiger partial charge in [0.15, 0.2) is 0 Å². The molecule has 1 aromatic heterocycles. The van der Waals surface area contributed by atoms with Crippen LogP contribution < -0.4 is 10.2 Å². The number of carbonyl (C=O) groups excluding carboxylic acids is 1. The van der Waals surface area contributed by atoms with Crippen molar-refractivity contribution in [3.63, 3.8) is 0 Å². The normalized spacial score (nSPS) is 19.9. The lowest BCUT2D eigenvalue weighted by Crippen LogP contribution is -2.42. The number of carbonyl (C=O) groups is 1. The molecule has 3 heterocycles. The van der Waals surface area contributed by atoms with Crippen LogP contribution in [0.4, 0.5) is 5.95 Å². The largest absolute Gasteiger partial charge is 0.378 e. The molecular formula is C17H27N5O4S. The van der Waals surface area contributed by atoms with Gasteiger partial charge in [0.2, 0.25) is 21.9 Å². The Morgan fingerprint density at radius 1 is 1.22 bits per heavy atom. The number of piperidine rings is 1. The molecule has 0 bridgehead atoms. The Morgan fingerprint density at radius 3 is 2.52 bits per heavy atom. The van der Waals surface area contributed by atoms with Crippen molar-refractivity contribution < 1.29 is 17.9 Å². The van der Waals surface area contributed by atoms with Crippen LogP contribution in [0.3, 0.4) is 0 Å². The molecule has 150 valence electrons. The summed E-state index contributed by atoms with van der Waals surface area (Å²) >= 11 is 0. The van der Waals surface area contributed by atoms with Gasteiger partial charge in [-0.2, -0.15) is 0 Å². The Bertz CT molecular complexity index is 772. The van der Waals surface area contributed by atoms with E-state index in [4.69, 9.17) is 4.74 Å². The molecule has 10 heteroatoms. The number of morpholine rings is 1. The van der Waals surface area contributed by atoms with Crippen molar-refractivity contribution in [2.45, 2.75) is 26.3 Å². The van der Waals surface area contributed by atoms with E-state index >= 15 is 0 Å². The fourth-order valence-electron chi connectivity index (χ4n) is 3.38. The van der Waals surface area contributed by atoms with Crippen LogP contribution in [0.1, 0.15) is 24.2 Å². The molecule has 2 saturated heterocycles. The molecule has 27 heavy (non-hydrogen) atoms. The van der Waals surface area contributed by atoms with Crippen molar-refractivity contribution in [3.05, 3.63) is 17.5 Å². The topological polar surface area (TPSA) is 105 Å². The van der Waals surface area contributed by atoms with Gasteiger partial charge < -0.3 is 15.0 Å². The van der Waals surface area contributed by atoms with Crippen LogP contribution in [-0.2, 0) is 26.1 Å². The van der Waals surface area contributed by atoms with Crippen molar-refractivity contribution >= 4 is 21.9 Å². The van der Waals surface area contributed by atoms with E-state index in [0.717, 1.165) is 24.5 Å². The number of ether oxygens (including phenoxy) is 1. The third-order valence-corrected chi connectivity index (χ3v) is 6.23. The SMILES string of the molecule is Cc1cc(CNC(=O)C2CCN(S(C)(=O)=O)CC2)nc(N2CCOCC2)n1. The molecule has 0 spiro atoms. The average Bonchev–Trinajstić information content (AvgIpc) is 2.66. The third kappa shape index (κ3) is 5.36. The zero-order valence-electron chi connectivity index (χ0n) is 15.8. The fourth-order valence-corrected chi connectivity index (χ4v) is 4.26. The molecule has 2 aliphatic heterocycles. The van der Waals surface area contributed by atoms with Gasteiger partial charge in [-0.25, -0.2) is 22.7 Å². The highest BCUT2D eigenvalue weighted by atomic mass is 32.2. The van der Waals surface area contributed by atoms with Gasteiger partial charge in [-0.15, -0.1) is 0 Å². The summed E-state index contributed by atoms with van der Waals surface area (Å²) in [7, 11) is -3.18. The Kier molecular flexibility index (Phi) is 6.28. The Labute approximate surface area is 160 Å². The number of nitrogens with one attached hydrogen (secondary N) is 1. The number of sulfonamides is 1. The van der Waals surface area contributed by atoms with Crippen LogP contribution in [0, 0.1) is 12.8 Å². The number of nitrogens with zero attached hydrogens (tertiary/aromatic N) is 4. The maximum absolute atomic E-state index is 12.4. The van der Waals surface area contributed by atoms with Gasteiger partial charge >= 0.3 is 0 Å². The number of anilines is 1. The second-order valence-corrected chi connectivity index (χ2v) is 9.04. The van der Waals surface area contributed by atoms with Crippen LogP contribution in [0.15, 0.2) is 6.07 Å². The van der Waals surface area contributed by atoms with Crippen LogP contribution in [0.5, 0.6) is 0 Å².